The monoisotopic (exact) mass is 873 g/mol. The van der Waals surface area contributed by atoms with Crippen LogP contribution in [0.15, 0.2) is 164 Å². The zero-order chi connectivity index (χ0) is 36.1. The third-order valence-corrected chi connectivity index (χ3v) is 9.45. The van der Waals surface area contributed by atoms with Gasteiger partial charge in [0.1, 0.15) is 0 Å². The van der Waals surface area contributed by atoms with E-state index >= 15 is 0 Å². The molecule has 4 heterocycles. The fraction of sp³-hybridized carbons (Fsp3) is 0.0612. The molecule has 0 aliphatic carbocycles. The maximum atomic E-state index is 4.66. The van der Waals surface area contributed by atoms with Crippen molar-refractivity contribution in [2.24, 2.45) is 0 Å². The molecule has 5 heteroatoms. The molecule has 9 aromatic rings. The molecular formula is C49H36IrN4-2. The van der Waals surface area contributed by atoms with E-state index in [1.165, 1.54) is 32.8 Å². The molecule has 0 N–H and O–H groups in total. The molecule has 9 rings (SSSR count). The van der Waals surface area contributed by atoms with Crippen LogP contribution < -0.4 is 0 Å². The molecule has 0 atom stereocenters. The predicted octanol–water partition coefficient (Wildman–Crippen LogP) is 12.1. The Bertz CT molecular complexity index is 2650. The van der Waals surface area contributed by atoms with Crippen molar-refractivity contribution in [2.75, 3.05) is 0 Å². The third kappa shape index (κ3) is 7.65. The van der Waals surface area contributed by atoms with Gasteiger partial charge in [-0.05, 0) is 77.5 Å². The summed E-state index contributed by atoms with van der Waals surface area (Å²) < 4.78 is 0. The Labute approximate surface area is 330 Å². The van der Waals surface area contributed by atoms with Gasteiger partial charge in [-0.2, -0.15) is 0 Å². The van der Waals surface area contributed by atoms with Gasteiger partial charge >= 0.3 is 0 Å². The second-order valence-electron chi connectivity index (χ2n) is 13.2. The van der Waals surface area contributed by atoms with E-state index in [0.717, 1.165) is 61.4 Å². The van der Waals surface area contributed by atoms with Crippen molar-refractivity contribution in [3.05, 3.63) is 193 Å². The van der Waals surface area contributed by atoms with Crippen LogP contribution in [0.4, 0.5) is 0 Å². The third-order valence-electron chi connectivity index (χ3n) is 9.45. The van der Waals surface area contributed by atoms with Crippen molar-refractivity contribution < 1.29 is 20.1 Å². The number of pyridine rings is 4. The molecule has 0 unspecified atom stereocenters. The fourth-order valence-electron chi connectivity index (χ4n) is 6.79. The van der Waals surface area contributed by atoms with E-state index in [-0.39, 0.29) is 20.1 Å². The minimum absolute atomic E-state index is 0. The van der Waals surface area contributed by atoms with E-state index in [1.54, 1.807) is 0 Å². The van der Waals surface area contributed by atoms with Crippen LogP contribution in [0.3, 0.4) is 0 Å². The van der Waals surface area contributed by atoms with Gasteiger partial charge in [-0.15, -0.1) is 59.2 Å². The zero-order valence-electron chi connectivity index (χ0n) is 30.2. The van der Waals surface area contributed by atoms with Crippen molar-refractivity contribution in [1.82, 2.24) is 19.9 Å². The second kappa shape index (κ2) is 16.3. The molecule has 0 fully saturated rings. The summed E-state index contributed by atoms with van der Waals surface area (Å²) in [5.41, 5.74) is 15.3. The second-order valence-corrected chi connectivity index (χ2v) is 13.2. The van der Waals surface area contributed by atoms with Gasteiger partial charge in [0.2, 0.25) is 0 Å². The van der Waals surface area contributed by atoms with E-state index < -0.39 is 0 Å². The topological polar surface area (TPSA) is 51.6 Å². The molecule has 0 saturated heterocycles. The molecule has 0 amide bonds. The smallest absolute Gasteiger partial charge is 0.0714 e. The molecule has 54 heavy (non-hydrogen) atoms. The van der Waals surface area contributed by atoms with Gasteiger partial charge in [-0.25, -0.2) is 0 Å². The number of hydrogen-bond acceptors (Lipinski definition) is 4. The van der Waals surface area contributed by atoms with Gasteiger partial charge in [0.05, 0.1) is 5.52 Å². The van der Waals surface area contributed by atoms with Gasteiger partial charge in [0.25, 0.3) is 0 Å². The first kappa shape index (κ1) is 36.2. The zero-order valence-corrected chi connectivity index (χ0v) is 32.6. The first-order chi connectivity index (χ1) is 26.0. The molecule has 4 nitrogen and oxygen atoms in total. The maximum absolute atomic E-state index is 4.66. The molecule has 263 valence electrons. The van der Waals surface area contributed by atoms with Gasteiger partial charge in [-0.1, -0.05) is 108 Å². The Kier molecular flexibility index (Phi) is 10.9. The summed E-state index contributed by atoms with van der Waals surface area (Å²) in [6.07, 6.45) is 9.40. The van der Waals surface area contributed by atoms with Gasteiger partial charge in [0, 0.05) is 62.0 Å². The number of fused-ring (bicyclic) bond motifs is 3. The Morgan fingerprint density at radius 3 is 2.07 bits per heavy atom. The summed E-state index contributed by atoms with van der Waals surface area (Å²) in [6.45, 7) is 6.33. The van der Waals surface area contributed by atoms with E-state index in [1.807, 2.05) is 97.7 Å². The van der Waals surface area contributed by atoms with E-state index in [0.29, 0.717) is 0 Å². The average molecular weight is 873 g/mol. The largest absolute Gasteiger partial charge is 0.305 e. The Morgan fingerprint density at radius 1 is 0.481 bits per heavy atom. The van der Waals surface area contributed by atoms with Crippen LogP contribution in [-0.2, 0) is 20.1 Å². The van der Waals surface area contributed by atoms with Crippen LogP contribution >= 0.6 is 0 Å². The first-order valence-electron chi connectivity index (χ1n) is 17.7. The summed E-state index contributed by atoms with van der Waals surface area (Å²) in [6, 6.07) is 52.5. The normalized spacial score (nSPS) is 10.7. The van der Waals surface area contributed by atoms with Gasteiger partial charge in [0.15, 0.2) is 0 Å². The molecule has 0 aliphatic rings. The standard InChI is InChI=1S/C32H24N3.C17H12N.Ir/c1-20-6-9-26-27-5-4-11-34-32(27)17-29(30(26)13-20)25-15-24(18-33-19-25)28-16-23(8-7-22(28)3)31-14-21(2)10-12-35-31;1-2-8-14(9-3-1)15-10-4-5-11-16(15)17-12-6-7-13-18-17;/h4-7,9-19H,1-3H3;1-10,12-13H;/q2*-1;. The van der Waals surface area contributed by atoms with Crippen molar-refractivity contribution in [3.8, 4) is 55.9 Å². The average Bonchev–Trinajstić information content (AvgIpc) is 3.21. The fourth-order valence-corrected chi connectivity index (χ4v) is 6.79. The van der Waals surface area contributed by atoms with Crippen molar-refractivity contribution >= 4 is 21.7 Å². The van der Waals surface area contributed by atoms with Crippen molar-refractivity contribution in [3.63, 3.8) is 0 Å². The predicted molar refractivity (Wildman–Crippen MR) is 218 cm³/mol. The molecular weight excluding hydrogens is 837 g/mol. The van der Waals surface area contributed by atoms with E-state index in [2.05, 4.69) is 120 Å². The number of rotatable bonds is 5. The minimum Gasteiger partial charge on any atom is -0.305 e. The quantitative estimate of drug-likeness (QED) is 0.128. The van der Waals surface area contributed by atoms with Crippen LogP contribution in [0.25, 0.3) is 77.6 Å². The molecule has 0 spiro atoms. The van der Waals surface area contributed by atoms with Gasteiger partial charge < -0.3 is 9.97 Å². The molecule has 0 saturated carbocycles. The van der Waals surface area contributed by atoms with Crippen LogP contribution in [0.1, 0.15) is 16.7 Å². The van der Waals surface area contributed by atoms with E-state index in [9.17, 15) is 0 Å². The molecule has 0 aliphatic heterocycles. The van der Waals surface area contributed by atoms with E-state index in [4.69, 9.17) is 0 Å². The number of aromatic nitrogens is 4. The minimum atomic E-state index is 0. The summed E-state index contributed by atoms with van der Waals surface area (Å²) in [5, 5.41) is 3.59. The number of benzene rings is 5. The molecule has 4 aromatic heterocycles. The van der Waals surface area contributed by atoms with Crippen molar-refractivity contribution in [2.45, 2.75) is 20.8 Å². The summed E-state index contributed by atoms with van der Waals surface area (Å²) in [4.78, 5) is 18.3. The summed E-state index contributed by atoms with van der Waals surface area (Å²) in [7, 11) is 0. The van der Waals surface area contributed by atoms with Crippen LogP contribution in [0.2, 0.25) is 0 Å². The molecule has 0 bridgehead atoms. The van der Waals surface area contributed by atoms with Crippen LogP contribution in [0, 0.1) is 32.9 Å². The summed E-state index contributed by atoms with van der Waals surface area (Å²) in [5.74, 6) is 0. The van der Waals surface area contributed by atoms with Gasteiger partial charge in [-0.3, -0.25) is 9.97 Å². The Hall–Kier alpha value is -6.13. The maximum Gasteiger partial charge on any atom is 0.0714 e. The first-order valence-corrected chi connectivity index (χ1v) is 17.7. The van der Waals surface area contributed by atoms with Crippen molar-refractivity contribution in [1.29, 1.82) is 0 Å². The van der Waals surface area contributed by atoms with Crippen LogP contribution in [-0.4, -0.2) is 19.9 Å². The number of hydrogen-bond donors (Lipinski definition) is 0. The molecule has 5 aromatic carbocycles. The molecule has 1 radical (unpaired) electrons. The number of nitrogens with zero attached hydrogens (tertiary/aromatic N) is 4. The Balaban J connectivity index is 0.000000200. The SMILES string of the molecule is Cc1ccnc(-c2[c-]cc(C)c(-c3cncc(-c4cc5ncccc5c5ccc(C)cc45)c3)c2)c1.[Ir].[c-]1cccc(-c2ccccc2)c1-c1ccccn1. The van der Waals surface area contributed by atoms with Crippen LogP contribution in [0.5, 0.6) is 0 Å². The Morgan fingerprint density at radius 2 is 1.26 bits per heavy atom. The summed E-state index contributed by atoms with van der Waals surface area (Å²) >= 11 is 0. The number of aryl methyl sites for hydroxylation is 3.